The summed E-state index contributed by atoms with van der Waals surface area (Å²) in [5.41, 5.74) is 2.22. The van der Waals surface area contributed by atoms with Crippen LogP contribution < -0.4 is 0 Å². The summed E-state index contributed by atoms with van der Waals surface area (Å²) < 4.78 is 17.2. The van der Waals surface area contributed by atoms with Gasteiger partial charge in [-0.3, -0.25) is 4.98 Å². The zero-order valence-electron chi connectivity index (χ0n) is 13.4. The second kappa shape index (κ2) is 7.53. The third-order valence-corrected chi connectivity index (χ3v) is 4.09. The minimum absolute atomic E-state index is 0.521. The molecule has 2 aromatic heterocycles. The number of nitrogens with zero attached hydrogens (tertiary/aromatic N) is 1. The number of fused-ring (bicyclic) bond motifs is 1. The van der Waals surface area contributed by atoms with Crippen LogP contribution in [-0.4, -0.2) is 18.2 Å². The van der Waals surface area contributed by atoms with Crippen molar-refractivity contribution in [2.24, 2.45) is 0 Å². The van der Waals surface area contributed by atoms with E-state index in [1.807, 2.05) is 19.9 Å². The normalized spacial score (nSPS) is 11.5. The molecule has 2 heterocycles. The third-order valence-electron chi connectivity index (χ3n) is 3.53. The molecular formula is C18H17Cl2NO3. The highest BCUT2D eigenvalue weighted by molar-refractivity contribution is 6.35. The van der Waals surface area contributed by atoms with Crippen LogP contribution >= 0.6 is 23.2 Å². The topological polar surface area (TPSA) is 44.5 Å². The van der Waals surface area contributed by atoms with Crippen LogP contribution in [0.3, 0.4) is 0 Å². The molecule has 1 aromatic carbocycles. The van der Waals surface area contributed by atoms with Gasteiger partial charge in [-0.15, -0.1) is 0 Å². The first-order chi connectivity index (χ1) is 11.6. The van der Waals surface area contributed by atoms with Gasteiger partial charge in [0, 0.05) is 52.2 Å². The highest BCUT2D eigenvalue weighted by Gasteiger charge is 2.19. The van der Waals surface area contributed by atoms with Crippen LogP contribution in [0.1, 0.15) is 25.9 Å². The molecule has 0 aliphatic rings. The number of benzene rings is 1. The van der Waals surface area contributed by atoms with Crippen LogP contribution in [-0.2, 0) is 9.47 Å². The lowest BCUT2D eigenvalue weighted by molar-refractivity contribution is -0.150. The zero-order chi connectivity index (χ0) is 17.1. The first-order valence-corrected chi connectivity index (χ1v) is 8.45. The predicted octanol–water partition coefficient (Wildman–Crippen LogP) is 5.87. The number of pyridine rings is 1. The van der Waals surface area contributed by atoms with Gasteiger partial charge in [0.25, 0.3) is 0 Å². The summed E-state index contributed by atoms with van der Waals surface area (Å²) in [6.45, 7) is 4.86. The average Bonchev–Trinajstić information content (AvgIpc) is 3.01. The van der Waals surface area contributed by atoms with E-state index in [0.29, 0.717) is 34.6 Å². The number of hydrogen-bond donors (Lipinski definition) is 0. The van der Waals surface area contributed by atoms with Crippen LogP contribution in [0.4, 0.5) is 0 Å². The second-order valence-corrected chi connectivity index (χ2v) is 5.96. The van der Waals surface area contributed by atoms with E-state index in [2.05, 4.69) is 4.98 Å². The van der Waals surface area contributed by atoms with Crippen LogP contribution in [0.2, 0.25) is 10.0 Å². The van der Waals surface area contributed by atoms with E-state index in [4.69, 9.17) is 37.1 Å². The minimum Gasteiger partial charge on any atom is -0.455 e. The van der Waals surface area contributed by atoms with Gasteiger partial charge in [-0.2, -0.15) is 0 Å². The number of aromatic nitrogens is 1. The van der Waals surface area contributed by atoms with E-state index in [9.17, 15) is 0 Å². The molecule has 24 heavy (non-hydrogen) atoms. The molecule has 0 radical (unpaired) electrons. The Morgan fingerprint density at radius 1 is 1.04 bits per heavy atom. The first kappa shape index (κ1) is 17.2. The summed E-state index contributed by atoms with van der Waals surface area (Å²) >= 11 is 12.4. The fourth-order valence-corrected chi connectivity index (χ4v) is 2.90. The molecular weight excluding hydrogens is 349 g/mol. The van der Waals surface area contributed by atoms with Crippen molar-refractivity contribution < 1.29 is 13.9 Å². The van der Waals surface area contributed by atoms with E-state index < -0.39 is 6.29 Å². The molecule has 3 rings (SSSR count). The maximum Gasteiger partial charge on any atom is 0.217 e. The van der Waals surface area contributed by atoms with E-state index >= 15 is 0 Å². The first-order valence-electron chi connectivity index (χ1n) is 7.70. The van der Waals surface area contributed by atoms with E-state index in [1.165, 1.54) is 0 Å². The summed E-state index contributed by atoms with van der Waals surface area (Å²) in [7, 11) is 0. The van der Waals surface area contributed by atoms with Gasteiger partial charge in [-0.1, -0.05) is 23.2 Å². The Labute approximate surface area is 150 Å². The quantitative estimate of drug-likeness (QED) is 0.512. The van der Waals surface area contributed by atoms with Gasteiger partial charge >= 0.3 is 0 Å². The zero-order valence-corrected chi connectivity index (χ0v) is 14.9. The van der Waals surface area contributed by atoms with Crippen molar-refractivity contribution in [1.82, 2.24) is 4.98 Å². The number of rotatable bonds is 6. The molecule has 3 aromatic rings. The summed E-state index contributed by atoms with van der Waals surface area (Å²) in [5, 5.41) is 2.03. The van der Waals surface area contributed by atoms with Crippen molar-refractivity contribution in [2.45, 2.75) is 20.1 Å². The van der Waals surface area contributed by atoms with Crippen LogP contribution in [0.5, 0.6) is 0 Å². The number of halogens is 2. The summed E-state index contributed by atoms with van der Waals surface area (Å²) in [4.78, 5) is 4.28. The maximum absolute atomic E-state index is 6.32. The molecule has 0 fully saturated rings. The fourth-order valence-electron chi connectivity index (χ4n) is 2.51. The van der Waals surface area contributed by atoms with Gasteiger partial charge in [0.1, 0.15) is 5.58 Å². The molecule has 0 spiro atoms. The summed E-state index contributed by atoms with van der Waals surface area (Å²) in [6.07, 6.45) is 2.90. The number of ether oxygens (including phenoxy) is 2. The molecule has 0 N–H and O–H groups in total. The molecule has 126 valence electrons. The van der Waals surface area contributed by atoms with Crippen molar-refractivity contribution in [1.29, 1.82) is 0 Å². The van der Waals surface area contributed by atoms with Gasteiger partial charge in [-0.25, -0.2) is 0 Å². The molecule has 0 aliphatic heterocycles. The lowest BCUT2D eigenvalue weighted by Crippen LogP contribution is -2.07. The molecule has 0 atom stereocenters. The fraction of sp³-hybridized carbons (Fsp3) is 0.278. The van der Waals surface area contributed by atoms with Gasteiger partial charge in [0.2, 0.25) is 6.29 Å². The molecule has 0 bridgehead atoms. The molecule has 0 saturated heterocycles. The number of hydrogen-bond acceptors (Lipinski definition) is 4. The lowest BCUT2D eigenvalue weighted by atomic mass is 10.1. The molecule has 0 aliphatic carbocycles. The minimum atomic E-state index is -0.546. The SMILES string of the molecule is CCOC(OCC)c1cc2cncc(-c3cc(Cl)ccc3Cl)c2o1. The van der Waals surface area contributed by atoms with Crippen LogP contribution in [0, 0.1) is 0 Å². The highest BCUT2D eigenvalue weighted by Crippen LogP contribution is 2.37. The van der Waals surface area contributed by atoms with Gasteiger partial charge in [-0.05, 0) is 38.1 Å². The lowest BCUT2D eigenvalue weighted by Gasteiger charge is -2.13. The van der Waals surface area contributed by atoms with Crippen LogP contribution in [0.25, 0.3) is 22.1 Å². The third kappa shape index (κ3) is 3.42. The van der Waals surface area contributed by atoms with Gasteiger partial charge < -0.3 is 13.9 Å². The number of furan rings is 1. The summed E-state index contributed by atoms with van der Waals surface area (Å²) in [5.74, 6) is 0.598. The Kier molecular flexibility index (Phi) is 5.41. The highest BCUT2D eigenvalue weighted by atomic mass is 35.5. The van der Waals surface area contributed by atoms with E-state index in [0.717, 1.165) is 16.5 Å². The smallest absolute Gasteiger partial charge is 0.217 e. The van der Waals surface area contributed by atoms with Crippen molar-refractivity contribution >= 4 is 34.2 Å². The monoisotopic (exact) mass is 365 g/mol. The van der Waals surface area contributed by atoms with E-state index in [1.54, 1.807) is 30.6 Å². The van der Waals surface area contributed by atoms with Crippen LogP contribution in [0.15, 0.2) is 41.1 Å². The van der Waals surface area contributed by atoms with Crippen molar-refractivity contribution in [3.05, 3.63) is 52.5 Å². The molecule has 0 saturated carbocycles. The molecule has 0 unspecified atom stereocenters. The van der Waals surface area contributed by atoms with Gasteiger partial charge in [0.15, 0.2) is 5.76 Å². The summed E-state index contributed by atoms with van der Waals surface area (Å²) in [6, 6.07) is 7.17. The maximum atomic E-state index is 6.32. The second-order valence-electron chi connectivity index (χ2n) is 5.12. The molecule has 4 nitrogen and oxygen atoms in total. The Morgan fingerprint density at radius 3 is 2.50 bits per heavy atom. The average molecular weight is 366 g/mol. The Morgan fingerprint density at radius 2 is 1.79 bits per heavy atom. The Bertz CT molecular complexity index is 841. The van der Waals surface area contributed by atoms with E-state index in [-0.39, 0.29) is 0 Å². The standard InChI is InChI=1S/C18H17Cl2NO3/c1-3-22-18(23-4-2)16-7-11-9-21-10-14(17(11)24-16)13-8-12(19)5-6-15(13)20/h5-10,18H,3-4H2,1-2H3. The predicted molar refractivity (Wildman–Crippen MR) is 95.5 cm³/mol. The Hall–Kier alpha value is -1.59. The van der Waals surface area contributed by atoms with Crippen molar-refractivity contribution in [2.75, 3.05) is 13.2 Å². The Balaban J connectivity index is 2.12. The van der Waals surface area contributed by atoms with Gasteiger partial charge in [0.05, 0.1) is 0 Å². The molecule has 0 amide bonds. The van der Waals surface area contributed by atoms with Crippen molar-refractivity contribution in [3.63, 3.8) is 0 Å². The molecule has 6 heteroatoms. The largest absolute Gasteiger partial charge is 0.455 e. The van der Waals surface area contributed by atoms with Crippen molar-refractivity contribution in [3.8, 4) is 11.1 Å².